The lowest BCUT2D eigenvalue weighted by molar-refractivity contribution is 0.378. The van der Waals surface area contributed by atoms with Gasteiger partial charge in [-0.05, 0) is 71.5 Å². The van der Waals surface area contributed by atoms with Crippen LogP contribution in [-0.4, -0.2) is 32.1 Å². The minimum atomic E-state index is 0.896. The molecule has 0 unspecified atom stereocenters. The van der Waals surface area contributed by atoms with E-state index in [1.807, 2.05) is 25.3 Å². The topological polar surface area (TPSA) is 15.3 Å². The summed E-state index contributed by atoms with van der Waals surface area (Å²) in [6.07, 6.45) is 17.2. The van der Waals surface area contributed by atoms with Crippen LogP contribution in [0.2, 0.25) is 0 Å². The van der Waals surface area contributed by atoms with E-state index in [-0.39, 0.29) is 0 Å². The highest BCUT2D eigenvalue weighted by atomic mass is 15.1. The lowest BCUT2D eigenvalue weighted by Gasteiger charge is -2.16. The molecule has 3 aromatic carbocycles. The summed E-state index contributed by atoms with van der Waals surface area (Å²) in [7, 11) is 4.13. The van der Waals surface area contributed by atoms with Crippen LogP contribution >= 0.6 is 0 Å². The molecule has 2 nitrogen and oxygen atoms in total. The maximum Gasteiger partial charge on any atom is 0.0423 e. The fraction of sp³-hybridized carbons (Fsp3) is 0.158. The third-order valence-electron chi connectivity index (χ3n) is 6.81. The quantitative estimate of drug-likeness (QED) is 0.210. The summed E-state index contributed by atoms with van der Waals surface area (Å²) < 4.78 is 0. The number of likely N-dealkylation sites (N-methyl/N-ethyl adjacent to an activating group) is 1. The van der Waals surface area contributed by atoms with Crippen LogP contribution in [0.15, 0.2) is 152 Å². The van der Waals surface area contributed by atoms with Gasteiger partial charge in [0.1, 0.15) is 0 Å². The molecule has 0 saturated carbocycles. The Hall–Kier alpha value is -4.40. The van der Waals surface area contributed by atoms with Gasteiger partial charge in [-0.3, -0.25) is 0 Å². The van der Waals surface area contributed by atoms with Gasteiger partial charge in [0.2, 0.25) is 0 Å². The number of allylic oxidation sites excluding steroid dienone is 9. The normalized spacial score (nSPS) is 12.3. The molecule has 0 aromatic heterocycles. The fourth-order valence-corrected chi connectivity index (χ4v) is 4.42. The zero-order chi connectivity index (χ0) is 28.7. The third kappa shape index (κ3) is 8.83. The highest BCUT2D eigenvalue weighted by molar-refractivity contribution is 5.86. The second-order valence-corrected chi connectivity index (χ2v) is 9.77. The lowest BCUT2D eigenvalue weighted by atomic mass is 9.94. The largest absolute Gasteiger partial charge is 0.388 e. The highest BCUT2D eigenvalue weighted by Crippen LogP contribution is 2.34. The van der Waals surface area contributed by atoms with Crippen LogP contribution in [0, 0.1) is 0 Å². The molecule has 0 amide bonds. The Morgan fingerprint density at radius 3 is 2.35 bits per heavy atom. The number of nitrogens with one attached hydrogen (secondary N) is 1. The molecule has 40 heavy (non-hydrogen) atoms. The molecule has 2 heteroatoms. The first-order valence-electron chi connectivity index (χ1n) is 13.8. The van der Waals surface area contributed by atoms with E-state index < -0.39 is 0 Å². The van der Waals surface area contributed by atoms with Gasteiger partial charge in [-0.15, -0.1) is 0 Å². The van der Waals surface area contributed by atoms with Gasteiger partial charge in [0.25, 0.3) is 0 Å². The van der Waals surface area contributed by atoms with Crippen molar-refractivity contribution >= 4 is 11.3 Å². The molecule has 204 valence electrons. The van der Waals surface area contributed by atoms with Gasteiger partial charge < -0.3 is 10.2 Å². The molecular weight excluding hydrogens is 484 g/mol. The van der Waals surface area contributed by atoms with Crippen molar-refractivity contribution in [3.05, 3.63) is 158 Å². The molecule has 0 aliphatic rings. The van der Waals surface area contributed by atoms with Crippen LogP contribution in [0.1, 0.15) is 18.9 Å². The zero-order valence-corrected chi connectivity index (χ0v) is 24.2. The highest BCUT2D eigenvalue weighted by Gasteiger charge is 2.10. The van der Waals surface area contributed by atoms with Gasteiger partial charge in [-0.2, -0.15) is 0 Å². The van der Waals surface area contributed by atoms with E-state index >= 15 is 0 Å². The van der Waals surface area contributed by atoms with Gasteiger partial charge in [0.15, 0.2) is 0 Å². The predicted octanol–water partition coefficient (Wildman–Crippen LogP) is 9.75. The Morgan fingerprint density at radius 2 is 1.62 bits per heavy atom. The summed E-state index contributed by atoms with van der Waals surface area (Å²) in [5.74, 6) is 0. The first-order valence-corrected chi connectivity index (χ1v) is 13.8. The molecule has 0 spiro atoms. The number of benzene rings is 3. The van der Waals surface area contributed by atoms with Crippen molar-refractivity contribution in [1.82, 2.24) is 4.90 Å². The monoisotopic (exact) mass is 526 g/mol. The van der Waals surface area contributed by atoms with Crippen LogP contribution in [-0.2, 0) is 0 Å². The molecule has 3 aromatic rings. The summed E-state index contributed by atoms with van der Waals surface area (Å²) in [4.78, 5) is 2.31. The molecule has 0 heterocycles. The minimum Gasteiger partial charge on any atom is -0.388 e. The SMILES string of the molecule is C=C/C=C\C=C/CN(C)CC/C=C(\C=C(/C)C(=C)C=C)c1ccc(-c2cccc(-c3ccccc3)c2)c(NC)c1. The van der Waals surface area contributed by atoms with E-state index in [4.69, 9.17) is 0 Å². The van der Waals surface area contributed by atoms with E-state index in [2.05, 4.69) is 141 Å². The molecule has 0 aliphatic carbocycles. The van der Waals surface area contributed by atoms with Crippen molar-refractivity contribution in [2.45, 2.75) is 13.3 Å². The van der Waals surface area contributed by atoms with Crippen molar-refractivity contribution in [3.8, 4) is 22.3 Å². The number of nitrogens with zero attached hydrogens (tertiary/aromatic N) is 1. The summed E-state index contributed by atoms with van der Waals surface area (Å²) in [6.45, 7) is 15.7. The van der Waals surface area contributed by atoms with Crippen LogP contribution in [0.25, 0.3) is 27.8 Å². The van der Waals surface area contributed by atoms with Crippen molar-refractivity contribution in [2.75, 3.05) is 32.5 Å². The summed E-state index contributed by atoms with van der Waals surface area (Å²) in [5, 5.41) is 3.44. The maximum absolute atomic E-state index is 4.15. The van der Waals surface area contributed by atoms with E-state index in [1.165, 1.54) is 33.4 Å². The van der Waals surface area contributed by atoms with Gasteiger partial charge in [0.05, 0.1) is 0 Å². The third-order valence-corrected chi connectivity index (χ3v) is 6.81. The summed E-state index contributed by atoms with van der Waals surface area (Å²) >= 11 is 0. The molecule has 0 atom stereocenters. The first kappa shape index (κ1) is 30.1. The minimum absolute atomic E-state index is 0.896. The zero-order valence-electron chi connectivity index (χ0n) is 24.2. The van der Waals surface area contributed by atoms with Crippen molar-refractivity contribution < 1.29 is 0 Å². The summed E-state index contributed by atoms with van der Waals surface area (Å²) in [5.41, 5.74) is 10.3. The Balaban J connectivity index is 1.90. The van der Waals surface area contributed by atoms with E-state index in [0.717, 1.165) is 36.3 Å². The number of anilines is 1. The Morgan fingerprint density at radius 1 is 0.875 bits per heavy atom. The molecular formula is C38H42N2. The average Bonchev–Trinajstić information content (AvgIpc) is 3.00. The molecule has 0 bridgehead atoms. The van der Waals surface area contributed by atoms with Crippen molar-refractivity contribution in [1.29, 1.82) is 0 Å². The predicted molar refractivity (Wildman–Crippen MR) is 179 cm³/mol. The van der Waals surface area contributed by atoms with Crippen LogP contribution in [0.5, 0.6) is 0 Å². The van der Waals surface area contributed by atoms with E-state index in [1.54, 1.807) is 6.08 Å². The van der Waals surface area contributed by atoms with E-state index in [0.29, 0.717) is 0 Å². The van der Waals surface area contributed by atoms with Crippen molar-refractivity contribution in [2.24, 2.45) is 0 Å². The van der Waals surface area contributed by atoms with Gasteiger partial charge in [-0.1, -0.05) is 129 Å². The van der Waals surface area contributed by atoms with Crippen LogP contribution in [0.3, 0.4) is 0 Å². The molecule has 0 fully saturated rings. The number of rotatable bonds is 14. The van der Waals surface area contributed by atoms with E-state index in [9.17, 15) is 0 Å². The molecule has 0 radical (unpaired) electrons. The smallest absolute Gasteiger partial charge is 0.0423 e. The second kappa shape index (κ2) is 15.9. The Labute approximate surface area is 241 Å². The maximum atomic E-state index is 4.15. The molecule has 0 saturated heterocycles. The average molecular weight is 527 g/mol. The lowest BCUT2D eigenvalue weighted by Crippen LogP contribution is -2.19. The molecule has 3 rings (SSSR count). The van der Waals surface area contributed by atoms with Gasteiger partial charge in [0, 0.05) is 31.4 Å². The number of hydrogen-bond donors (Lipinski definition) is 1. The first-order chi connectivity index (χ1) is 19.5. The fourth-order valence-electron chi connectivity index (χ4n) is 4.42. The van der Waals surface area contributed by atoms with Gasteiger partial charge >= 0.3 is 0 Å². The Kier molecular flexibility index (Phi) is 12.0. The Bertz CT molecular complexity index is 1420. The van der Waals surface area contributed by atoms with Crippen LogP contribution < -0.4 is 5.32 Å². The second-order valence-electron chi connectivity index (χ2n) is 9.77. The standard InChI is InChI=1S/C38H42N2/c1-7-9-10-11-15-25-40(6)26-17-22-33(27-31(4)30(3)8-2)35-23-24-37(38(29-35)39-5)36-21-16-20-34(28-36)32-18-13-12-14-19-32/h7-16,18-24,27-29,39H,1-3,17,25-26H2,4-6H3/b10-9-,15-11-,31-27+,33-22+. The number of hydrogen-bond acceptors (Lipinski definition) is 2. The summed E-state index contributed by atoms with van der Waals surface area (Å²) in [6, 6.07) is 25.9. The van der Waals surface area contributed by atoms with Gasteiger partial charge in [-0.25, -0.2) is 0 Å². The molecule has 1 N–H and O–H groups in total. The molecule has 0 aliphatic heterocycles. The van der Waals surface area contributed by atoms with Crippen molar-refractivity contribution in [3.63, 3.8) is 0 Å². The van der Waals surface area contributed by atoms with Crippen LogP contribution in [0.4, 0.5) is 5.69 Å².